The molecule has 0 saturated carbocycles. The molecule has 204 valence electrons. The number of nitrogens with one attached hydrogen (secondary N) is 1. The molecule has 0 spiro atoms. The number of ether oxygens (including phenoxy) is 2. The second-order valence-electron chi connectivity index (χ2n) is 10.2. The second kappa shape index (κ2) is 11.9. The molecule has 1 unspecified atom stereocenters. The normalized spacial score (nSPS) is 12.0. The SMILES string of the molecule is CCn1c(C(=O)c2cc(C)cc(C#N)c2)c(C(C)C)c(=O)n(COC(=O)C(C)NC(=O)OC(C)(C)C)c1=O. The fourth-order valence-electron chi connectivity index (χ4n) is 3.80. The summed E-state index contributed by atoms with van der Waals surface area (Å²) >= 11 is 0. The molecule has 0 aliphatic heterocycles. The summed E-state index contributed by atoms with van der Waals surface area (Å²) in [4.78, 5) is 64.7. The van der Waals surface area contributed by atoms with Gasteiger partial charge in [0, 0.05) is 17.7 Å². The molecule has 1 amide bonds. The second-order valence-corrected chi connectivity index (χ2v) is 10.2. The molecule has 0 radical (unpaired) electrons. The van der Waals surface area contributed by atoms with Crippen LogP contribution in [0.1, 0.15) is 87.1 Å². The van der Waals surface area contributed by atoms with Gasteiger partial charge in [-0.1, -0.05) is 13.8 Å². The number of amides is 1. The van der Waals surface area contributed by atoms with E-state index in [0.29, 0.717) is 5.56 Å². The predicted octanol–water partition coefficient (Wildman–Crippen LogP) is 2.98. The highest BCUT2D eigenvalue weighted by molar-refractivity contribution is 6.09. The summed E-state index contributed by atoms with van der Waals surface area (Å²) in [7, 11) is 0. The maximum absolute atomic E-state index is 13.6. The van der Waals surface area contributed by atoms with E-state index in [9.17, 15) is 29.2 Å². The molecular formula is C27H34N4O7. The van der Waals surface area contributed by atoms with E-state index < -0.39 is 53.4 Å². The maximum atomic E-state index is 13.6. The Bertz CT molecular complexity index is 1400. The zero-order valence-corrected chi connectivity index (χ0v) is 23.0. The lowest BCUT2D eigenvalue weighted by Gasteiger charge is -2.22. The van der Waals surface area contributed by atoms with Gasteiger partial charge in [0.2, 0.25) is 5.78 Å². The number of hydrogen-bond donors (Lipinski definition) is 1. The van der Waals surface area contributed by atoms with Crippen LogP contribution in [0.2, 0.25) is 0 Å². The van der Waals surface area contributed by atoms with Gasteiger partial charge in [0.25, 0.3) is 5.56 Å². The molecular weight excluding hydrogens is 492 g/mol. The van der Waals surface area contributed by atoms with Crippen molar-refractivity contribution in [2.24, 2.45) is 0 Å². The molecule has 1 N–H and O–H groups in total. The molecule has 0 bridgehead atoms. The Labute approximate surface area is 221 Å². The van der Waals surface area contributed by atoms with Crippen LogP contribution in [-0.4, -0.2) is 38.6 Å². The van der Waals surface area contributed by atoms with Gasteiger partial charge in [0.15, 0.2) is 6.73 Å². The van der Waals surface area contributed by atoms with Crippen LogP contribution in [0.25, 0.3) is 0 Å². The van der Waals surface area contributed by atoms with Crippen LogP contribution >= 0.6 is 0 Å². The van der Waals surface area contributed by atoms with Gasteiger partial charge >= 0.3 is 17.8 Å². The number of aryl methyl sites for hydroxylation is 1. The van der Waals surface area contributed by atoms with E-state index in [2.05, 4.69) is 5.32 Å². The molecule has 11 nitrogen and oxygen atoms in total. The van der Waals surface area contributed by atoms with E-state index in [0.717, 1.165) is 9.13 Å². The Morgan fingerprint density at radius 2 is 1.71 bits per heavy atom. The molecule has 1 aromatic heterocycles. The molecule has 1 aromatic carbocycles. The zero-order valence-electron chi connectivity index (χ0n) is 23.0. The standard InChI is InChI=1S/C27H34N4O7/c1-9-30-21(22(32)19-11-16(4)10-18(12-19)13-28)20(15(2)3)23(33)31(26(30)36)14-37-24(34)17(5)29-25(35)38-27(6,7)8/h10-12,15,17H,9,14H2,1-8H3,(H,29,35). The summed E-state index contributed by atoms with van der Waals surface area (Å²) in [6.45, 7) is 12.5. The number of esters is 1. The summed E-state index contributed by atoms with van der Waals surface area (Å²) in [6.07, 6.45) is -0.826. The van der Waals surface area contributed by atoms with Gasteiger partial charge in [-0.05, 0) is 71.2 Å². The summed E-state index contributed by atoms with van der Waals surface area (Å²) < 4.78 is 12.2. The first kappa shape index (κ1) is 30.0. The molecule has 0 fully saturated rings. The first-order chi connectivity index (χ1) is 17.6. The van der Waals surface area contributed by atoms with Gasteiger partial charge in [-0.2, -0.15) is 5.26 Å². The minimum atomic E-state index is -1.12. The minimum absolute atomic E-state index is 0.0569. The van der Waals surface area contributed by atoms with Crippen molar-refractivity contribution in [3.8, 4) is 6.07 Å². The Balaban J connectivity index is 2.48. The Kier molecular flexibility index (Phi) is 9.40. The average molecular weight is 527 g/mol. The number of aromatic nitrogens is 2. The van der Waals surface area contributed by atoms with Gasteiger partial charge in [0.05, 0.1) is 11.6 Å². The third-order valence-corrected chi connectivity index (χ3v) is 5.46. The van der Waals surface area contributed by atoms with Crippen molar-refractivity contribution in [3.05, 3.63) is 67.0 Å². The Morgan fingerprint density at radius 1 is 1.08 bits per heavy atom. The van der Waals surface area contributed by atoms with Crippen LogP contribution in [-0.2, 0) is 27.5 Å². The van der Waals surface area contributed by atoms with Gasteiger partial charge in [-0.25, -0.2) is 19.0 Å². The smallest absolute Gasteiger partial charge is 0.408 e. The van der Waals surface area contributed by atoms with Crippen LogP contribution in [0.3, 0.4) is 0 Å². The number of carbonyl (C=O) groups is 3. The first-order valence-corrected chi connectivity index (χ1v) is 12.2. The number of hydrogen-bond acceptors (Lipinski definition) is 8. The van der Waals surface area contributed by atoms with Crippen molar-refractivity contribution in [1.29, 1.82) is 5.26 Å². The van der Waals surface area contributed by atoms with Crippen molar-refractivity contribution in [2.75, 3.05) is 0 Å². The van der Waals surface area contributed by atoms with E-state index in [4.69, 9.17) is 9.47 Å². The van der Waals surface area contributed by atoms with Crippen LogP contribution in [0.4, 0.5) is 4.79 Å². The molecule has 38 heavy (non-hydrogen) atoms. The monoisotopic (exact) mass is 526 g/mol. The summed E-state index contributed by atoms with van der Waals surface area (Å²) in [6, 6.07) is 5.51. The minimum Gasteiger partial charge on any atom is -0.444 e. The molecule has 0 aliphatic carbocycles. The first-order valence-electron chi connectivity index (χ1n) is 12.2. The van der Waals surface area contributed by atoms with Crippen molar-refractivity contribution >= 4 is 17.8 Å². The van der Waals surface area contributed by atoms with Crippen LogP contribution in [0.5, 0.6) is 0 Å². The molecule has 0 aliphatic rings. The van der Waals surface area contributed by atoms with Crippen LogP contribution in [0.15, 0.2) is 27.8 Å². The highest BCUT2D eigenvalue weighted by Crippen LogP contribution is 2.20. The topological polar surface area (TPSA) is 149 Å². The van der Waals surface area contributed by atoms with Crippen molar-refractivity contribution in [3.63, 3.8) is 0 Å². The van der Waals surface area contributed by atoms with E-state index in [1.165, 1.54) is 13.0 Å². The number of nitriles is 1. The summed E-state index contributed by atoms with van der Waals surface area (Å²) in [5.41, 5.74) is -1.24. The van der Waals surface area contributed by atoms with Crippen molar-refractivity contribution < 1.29 is 23.9 Å². The third-order valence-electron chi connectivity index (χ3n) is 5.46. The van der Waals surface area contributed by atoms with E-state index >= 15 is 0 Å². The average Bonchev–Trinajstić information content (AvgIpc) is 2.80. The van der Waals surface area contributed by atoms with E-state index in [-0.39, 0.29) is 28.9 Å². The fraction of sp³-hybridized carbons (Fsp3) is 0.481. The number of benzene rings is 1. The van der Waals surface area contributed by atoms with Gasteiger partial charge < -0.3 is 14.8 Å². The van der Waals surface area contributed by atoms with Crippen LogP contribution < -0.4 is 16.6 Å². The Hall–Kier alpha value is -4.20. The predicted molar refractivity (Wildman–Crippen MR) is 139 cm³/mol. The molecule has 1 heterocycles. The number of nitrogens with zero attached hydrogens (tertiary/aromatic N) is 3. The molecule has 0 saturated heterocycles. The number of alkyl carbamates (subject to hydrolysis) is 1. The number of carbonyl (C=O) groups excluding carboxylic acids is 3. The number of rotatable bonds is 8. The zero-order chi connectivity index (χ0) is 28.9. The summed E-state index contributed by atoms with van der Waals surface area (Å²) in [5.74, 6) is -1.92. The molecule has 11 heteroatoms. The van der Waals surface area contributed by atoms with Gasteiger partial charge in [-0.3, -0.25) is 14.2 Å². The maximum Gasteiger partial charge on any atom is 0.408 e. The van der Waals surface area contributed by atoms with E-state index in [1.807, 2.05) is 6.07 Å². The lowest BCUT2D eigenvalue weighted by atomic mass is 9.95. The lowest BCUT2D eigenvalue weighted by molar-refractivity contribution is -0.149. The fourth-order valence-corrected chi connectivity index (χ4v) is 3.80. The van der Waals surface area contributed by atoms with Crippen molar-refractivity contribution in [1.82, 2.24) is 14.5 Å². The third kappa shape index (κ3) is 6.97. The van der Waals surface area contributed by atoms with Gasteiger partial charge in [0.1, 0.15) is 17.3 Å². The quantitative estimate of drug-likeness (QED) is 0.407. The van der Waals surface area contributed by atoms with Crippen LogP contribution in [0, 0.1) is 18.3 Å². The largest absolute Gasteiger partial charge is 0.444 e. The molecule has 1 atom stereocenters. The molecule has 2 rings (SSSR count). The Morgan fingerprint density at radius 3 is 2.24 bits per heavy atom. The summed E-state index contributed by atoms with van der Waals surface area (Å²) in [5, 5.41) is 11.6. The highest BCUT2D eigenvalue weighted by atomic mass is 16.6. The van der Waals surface area contributed by atoms with Crippen molar-refractivity contribution in [2.45, 2.75) is 86.2 Å². The van der Waals surface area contributed by atoms with Gasteiger partial charge in [-0.15, -0.1) is 0 Å². The van der Waals surface area contributed by atoms with E-state index in [1.54, 1.807) is 60.6 Å². The number of ketones is 1. The lowest BCUT2D eigenvalue weighted by Crippen LogP contribution is -2.47. The molecule has 2 aromatic rings. The highest BCUT2D eigenvalue weighted by Gasteiger charge is 2.28.